The van der Waals surface area contributed by atoms with Gasteiger partial charge in [0.15, 0.2) is 0 Å². The second-order valence-electron chi connectivity index (χ2n) is 6.58. The van der Waals surface area contributed by atoms with Crippen molar-refractivity contribution in [3.05, 3.63) is 65.3 Å². The van der Waals surface area contributed by atoms with Gasteiger partial charge in [-0.3, -0.25) is 4.79 Å². The molecule has 0 saturated heterocycles. The molecule has 146 valence electrons. The van der Waals surface area contributed by atoms with Crippen LogP contribution in [0, 0.1) is 12.7 Å². The molecule has 0 saturated carbocycles. The summed E-state index contributed by atoms with van der Waals surface area (Å²) < 4.78 is 23.6. The largest absolute Gasteiger partial charge is 0.496 e. The van der Waals surface area contributed by atoms with Gasteiger partial charge in [-0.25, -0.2) is 4.39 Å². The Morgan fingerprint density at radius 3 is 2.68 bits per heavy atom. The zero-order valence-electron chi connectivity index (χ0n) is 16.1. The minimum Gasteiger partial charge on any atom is -0.496 e. The van der Waals surface area contributed by atoms with Crippen LogP contribution >= 0.6 is 0 Å². The smallest absolute Gasteiger partial charge is 0.227 e. The molecule has 0 N–H and O–H groups in total. The van der Waals surface area contributed by atoms with Crippen LogP contribution in [0.2, 0.25) is 0 Å². The Hall–Kier alpha value is -3.22. The maximum Gasteiger partial charge on any atom is 0.227 e. The lowest BCUT2D eigenvalue weighted by atomic mass is 10.1. The standard InChI is InChI=1S/C21H22FN3O3/c1-14-4-9-18(27-3)16(12-14)13-25(2)20(26)11-10-19-23-21(24-28-19)15-5-7-17(22)8-6-15/h4-9,12H,10-11,13H2,1-3H3. The Kier molecular flexibility index (Phi) is 6.03. The summed E-state index contributed by atoms with van der Waals surface area (Å²) in [5, 5.41) is 3.89. The summed E-state index contributed by atoms with van der Waals surface area (Å²) in [5.41, 5.74) is 2.72. The second kappa shape index (κ2) is 8.65. The van der Waals surface area contributed by atoms with E-state index < -0.39 is 0 Å². The van der Waals surface area contributed by atoms with Gasteiger partial charge < -0.3 is 14.2 Å². The van der Waals surface area contributed by atoms with E-state index >= 15 is 0 Å². The van der Waals surface area contributed by atoms with Crippen LogP contribution in [-0.2, 0) is 17.8 Å². The highest BCUT2D eigenvalue weighted by Crippen LogP contribution is 2.21. The first kappa shape index (κ1) is 19.5. The first-order valence-corrected chi connectivity index (χ1v) is 8.92. The van der Waals surface area contributed by atoms with E-state index in [4.69, 9.17) is 9.26 Å². The van der Waals surface area contributed by atoms with Gasteiger partial charge in [-0.15, -0.1) is 0 Å². The lowest BCUT2D eigenvalue weighted by Gasteiger charge is -2.19. The van der Waals surface area contributed by atoms with Crippen LogP contribution in [0.1, 0.15) is 23.4 Å². The molecule has 1 amide bonds. The van der Waals surface area contributed by atoms with E-state index in [0.29, 0.717) is 30.2 Å². The maximum atomic E-state index is 13.0. The predicted octanol–water partition coefficient (Wildman–Crippen LogP) is 3.78. The summed E-state index contributed by atoms with van der Waals surface area (Å²) in [6.45, 7) is 2.45. The number of benzene rings is 2. The number of amides is 1. The Bertz CT molecular complexity index is 954. The fraction of sp³-hybridized carbons (Fsp3) is 0.286. The molecule has 28 heavy (non-hydrogen) atoms. The van der Waals surface area contributed by atoms with Crippen molar-refractivity contribution in [1.29, 1.82) is 0 Å². The Labute approximate surface area is 162 Å². The second-order valence-corrected chi connectivity index (χ2v) is 6.58. The van der Waals surface area contributed by atoms with E-state index in [2.05, 4.69) is 10.1 Å². The maximum absolute atomic E-state index is 13.0. The third-order valence-electron chi connectivity index (χ3n) is 4.39. The fourth-order valence-corrected chi connectivity index (χ4v) is 2.85. The quantitative estimate of drug-likeness (QED) is 0.621. The molecule has 3 aromatic rings. The molecule has 1 aromatic heterocycles. The third-order valence-corrected chi connectivity index (χ3v) is 4.39. The average Bonchev–Trinajstić information content (AvgIpc) is 3.16. The van der Waals surface area contributed by atoms with Gasteiger partial charge in [0, 0.05) is 37.6 Å². The highest BCUT2D eigenvalue weighted by atomic mass is 19.1. The molecule has 0 unspecified atom stereocenters. The van der Waals surface area contributed by atoms with Crippen LogP contribution in [0.15, 0.2) is 47.0 Å². The van der Waals surface area contributed by atoms with E-state index in [1.54, 1.807) is 31.2 Å². The zero-order valence-corrected chi connectivity index (χ0v) is 16.1. The highest BCUT2D eigenvalue weighted by Gasteiger charge is 2.15. The van der Waals surface area contributed by atoms with Gasteiger partial charge in [0.1, 0.15) is 11.6 Å². The van der Waals surface area contributed by atoms with Gasteiger partial charge in [0.2, 0.25) is 17.6 Å². The van der Waals surface area contributed by atoms with Gasteiger partial charge in [-0.1, -0.05) is 22.9 Å². The Morgan fingerprint density at radius 1 is 1.21 bits per heavy atom. The minimum atomic E-state index is -0.327. The number of halogens is 1. The SMILES string of the molecule is COc1ccc(C)cc1CN(C)C(=O)CCc1nc(-c2ccc(F)cc2)no1. The molecule has 2 aromatic carbocycles. The summed E-state index contributed by atoms with van der Waals surface area (Å²) in [6.07, 6.45) is 0.581. The number of aromatic nitrogens is 2. The van der Waals surface area contributed by atoms with E-state index in [1.807, 2.05) is 25.1 Å². The number of carbonyl (C=O) groups is 1. The molecule has 0 spiro atoms. The molecule has 0 aliphatic rings. The molecule has 1 heterocycles. The van der Waals surface area contributed by atoms with E-state index in [1.165, 1.54) is 12.1 Å². The van der Waals surface area contributed by atoms with Crippen molar-refractivity contribution >= 4 is 5.91 Å². The van der Waals surface area contributed by atoms with Gasteiger partial charge in [0.05, 0.1) is 7.11 Å². The molecule has 0 bridgehead atoms. The monoisotopic (exact) mass is 383 g/mol. The van der Waals surface area contributed by atoms with Crippen molar-refractivity contribution in [2.45, 2.75) is 26.3 Å². The van der Waals surface area contributed by atoms with Gasteiger partial charge in [0.25, 0.3) is 0 Å². The van der Waals surface area contributed by atoms with Crippen LogP contribution < -0.4 is 4.74 Å². The van der Waals surface area contributed by atoms with Crippen molar-refractivity contribution in [1.82, 2.24) is 15.0 Å². The average molecular weight is 383 g/mol. The molecule has 0 atom stereocenters. The Morgan fingerprint density at radius 2 is 1.96 bits per heavy atom. The predicted molar refractivity (Wildman–Crippen MR) is 102 cm³/mol. The fourth-order valence-electron chi connectivity index (χ4n) is 2.85. The number of carbonyl (C=O) groups excluding carboxylic acids is 1. The summed E-state index contributed by atoms with van der Waals surface area (Å²) in [6, 6.07) is 11.7. The third kappa shape index (κ3) is 4.73. The summed E-state index contributed by atoms with van der Waals surface area (Å²) in [7, 11) is 3.37. The topological polar surface area (TPSA) is 68.5 Å². The number of aryl methyl sites for hydroxylation is 2. The molecular weight excluding hydrogens is 361 g/mol. The molecule has 6 nitrogen and oxygen atoms in total. The normalized spacial score (nSPS) is 10.7. The van der Waals surface area contributed by atoms with E-state index in [-0.39, 0.29) is 18.1 Å². The van der Waals surface area contributed by atoms with Gasteiger partial charge in [-0.05, 0) is 37.3 Å². The number of ether oxygens (including phenoxy) is 1. The van der Waals surface area contributed by atoms with Gasteiger partial charge >= 0.3 is 0 Å². The number of nitrogens with zero attached hydrogens (tertiary/aromatic N) is 3. The molecular formula is C21H22FN3O3. The van der Waals surface area contributed by atoms with Crippen molar-refractivity contribution in [2.24, 2.45) is 0 Å². The number of rotatable bonds is 7. The van der Waals surface area contributed by atoms with Crippen LogP contribution in [0.5, 0.6) is 5.75 Å². The zero-order chi connectivity index (χ0) is 20.1. The van der Waals surface area contributed by atoms with Crippen molar-refractivity contribution < 1.29 is 18.4 Å². The van der Waals surface area contributed by atoms with Crippen molar-refractivity contribution in [3.8, 4) is 17.1 Å². The Balaban J connectivity index is 1.58. The van der Waals surface area contributed by atoms with E-state index in [9.17, 15) is 9.18 Å². The van der Waals surface area contributed by atoms with Crippen LogP contribution in [-0.4, -0.2) is 35.1 Å². The van der Waals surface area contributed by atoms with Crippen LogP contribution in [0.3, 0.4) is 0 Å². The lowest BCUT2D eigenvalue weighted by molar-refractivity contribution is -0.130. The minimum absolute atomic E-state index is 0.0370. The van der Waals surface area contributed by atoms with Gasteiger partial charge in [-0.2, -0.15) is 4.98 Å². The molecule has 7 heteroatoms. The van der Waals surface area contributed by atoms with Crippen LogP contribution in [0.4, 0.5) is 4.39 Å². The molecule has 0 aliphatic carbocycles. The number of hydrogen-bond acceptors (Lipinski definition) is 5. The number of methoxy groups -OCH3 is 1. The number of hydrogen-bond donors (Lipinski definition) is 0. The summed E-state index contributed by atoms with van der Waals surface area (Å²) >= 11 is 0. The highest BCUT2D eigenvalue weighted by molar-refractivity contribution is 5.76. The van der Waals surface area contributed by atoms with Crippen molar-refractivity contribution in [2.75, 3.05) is 14.2 Å². The summed E-state index contributed by atoms with van der Waals surface area (Å²) in [5.74, 6) is 1.14. The molecule has 3 rings (SSSR count). The molecule has 0 radical (unpaired) electrons. The summed E-state index contributed by atoms with van der Waals surface area (Å²) in [4.78, 5) is 18.4. The molecule has 0 fully saturated rings. The van der Waals surface area contributed by atoms with E-state index in [0.717, 1.165) is 16.9 Å². The molecule has 0 aliphatic heterocycles. The van der Waals surface area contributed by atoms with Crippen molar-refractivity contribution in [3.63, 3.8) is 0 Å². The first-order valence-electron chi connectivity index (χ1n) is 8.92. The first-order chi connectivity index (χ1) is 13.5. The van der Waals surface area contributed by atoms with Crippen LogP contribution in [0.25, 0.3) is 11.4 Å². The lowest BCUT2D eigenvalue weighted by Crippen LogP contribution is -2.26.